The Balaban J connectivity index is 2.53. The molecule has 0 aromatic heterocycles. The zero-order chi connectivity index (χ0) is 32.5. The second-order valence-electron chi connectivity index (χ2n) is 12.8. The largest absolute Gasteiger partial charge is 0.458 e. The average Bonchev–Trinajstić information content (AvgIpc) is 2.85. The molecule has 9 nitrogen and oxygen atoms in total. The van der Waals surface area contributed by atoms with Gasteiger partial charge in [0.2, 0.25) is 11.8 Å². The molecule has 0 radical (unpaired) electrons. The Labute approximate surface area is 256 Å². The maximum absolute atomic E-state index is 14.2. The summed E-state index contributed by atoms with van der Waals surface area (Å²) in [7, 11) is 0. The van der Waals surface area contributed by atoms with Crippen LogP contribution in [-0.2, 0) is 30.3 Å². The Morgan fingerprint density at radius 1 is 0.884 bits per heavy atom. The monoisotopic (exact) mass is 593 g/mol. The number of carbonyl (C=O) groups is 4. The van der Waals surface area contributed by atoms with Crippen molar-refractivity contribution in [1.82, 2.24) is 15.5 Å². The number of carbonyl (C=O) groups excluding carboxylic acids is 4. The van der Waals surface area contributed by atoms with Gasteiger partial charge in [0.1, 0.15) is 29.3 Å². The van der Waals surface area contributed by atoms with Crippen molar-refractivity contribution in [2.24, 2.45) is 0 Å². The van der Waals surface area contributed by atoms with E-state index in [0.717, 1.165) is 16.7 Å². The van der Waals surface area contributed by atoms with Crippen molar-refractivity contribution >= 4 is 23.9 Å². The van der Waals surface area contributed by atoms with Gasteiger partial charge < -0.3 is 25.0 Å². The lowest BCUT2D eigenvalue weighted by Crippen LogP contribution is -2.54. The Morgan fingerprint density at radius 2 is 1.44 bits per heavy atom. The van der Waals surface area contributed by atoms with Crippen LogP contribution in [-0.4, -0.2) is 58.6 Å². The van der Waals surface area contributed by atoms with Crippen LogP contribution in [0.15, 0.2) is 61.2 Å². The summed E-state index contributed by atoms with van der Waals surface area (Å²) in [6, 6.07) is 11.7. The number of hydrogen-bond acceptors (Lipinski definition) is 6. The molecule has 2 N–H and O–H groups in total. The molecular formula is C34H47N3O6. The van der Waals surface area contributed by atoms with Crippen molar-refractivity contribution in [3.05, 3.63) is 83.4 Å². The lowest BCUT2D eigenvalue weighted by Gasteiger charge is -2.34. The van der Waals surface area contributed by atoms with Gasteiger partial charge in [-0.1, -0.05) is 65.7 Å². The number of ether oxygens (including phenoxy) is 2. The number of nitrogens with zero attached hydrogens (tertiary/aromatic N) is 1. The maximum Gasteiger partial charge on any atom is 0.408 e. The van der Waals surface area contributed by atoms with Crippen molar-refractivity contribution in [2.45, 2.75) is 98.1 Å². The quantitative estimate of drug-likeness (QED) is 0.269. The molecule has 0 spiro atoms. The van der Waals surface area contributed by atoms with Crippen molar-refractivity contribution in [3.63, 3.8) is 0 Å². The van der Waals surface area contributed by atoms with Crippen molar-refractivity contribution in [1.29, 1.82) is 0 Å². The fourth-order valence-corrected chi connectivity index (χ4v) is 4.56. The molecule has 0 bridgehead atoms. The summed E-state index contributed by atoms with van der Waals surface area (Å²) >= 11 is 0. The zero-order valence-electron chi connectivity index (χ0n) is 26.9. The number of amides is 3. The van der Waals surface area contributed by atoms with Crippen LogP contribution in [0.25, 0.3) is 0 Å². The third kappa shape index (κ3) is 11.6. The van der Waals surface area contributed by atoms with E-state index in [0.29, 0.717) is 5.56 Å². The summed E-state index contributed by atoms with van der Waals surface area (Å²) in [5, 5.41) is 5.44. The summed E-state index contributed by atoms with van der Waals surface area (Å²) in [4.78, 5) is 55.2. The maximum atomic E-state index is 14.2. The first-order valence-electron chi connectivity index (χ1n) is 14.5. The van der Waals surface area contributed by atoms with E-state index in [1.54, 1.807) is 41.5 Å². The van der Waals surface area contributed by atoms with E-state index >= 15 is 0 Å². The molecule has 2 aromatic rings. The van der Waals surface area contributed by atoms with Gasteiger partial charge in [0.25, 0.3) is 0 Å². The minimum Gasteiger partial charge on any atom is -0.458 e. The average molecular weight is 594 g/mol. The predicted octanol–water partition coefficient (Wildman–Crippen LogP) is 5.34. The smallest absolute Gasteiger partial charge is 0.408 e. The standard InChI is InChI=1S/C34H47N3O6/c1-11-17-37(30(39)24(4)35-32(41)43-34(8,9)10)28(26-19-22(2)18-23(3)20-26)29(38)36-27(31(40)42-33(5,6)7)21-25-15-13-12-14-16-25/h11-16,18-20,24,27-28H,1,17,21H2,2-10H3,(H,35,41)(H,36,38). The first-order chi connectivity index (χ1) is 19.9. The first-order valence-corrected chi connectivity index (χ1v) is 14.5. The molecule has 0 aliphatic carbocycles. The molecule has 0 fully saturated rings. The van der Waals surface area contributed by atoms with Gasteiger partial charge in [-0.15, -0.1) is 6.58 Å². The van der Waals surface area contributed by atoms with E-state index in [1.165, 1.54) is 17.9 Å². The molecule has 0 heterocycles. The molecule has 3 amide bonds. The Bertz CT molecular complexity index is 1270. The molecule has 2 rings (SSSR count). The molecular weight excluding hydrogens is 546 g/mol. The molecule has 9 heteroatoms. The van der Waals surface area contributed by atoms with Crippen LogP contribution in [0.3, 0.4) is 0 Å². The van der Waals surface area contributed by atoms with Gasteiger partial charge in [0.05, 0.1) is 0 Å². The third-order valence-corrected chi connectivity index (χ3v) is 6.12. The number of nitrogens with one attached hydrogen (secondary N) is 2. The molecule has 0 aliphatic rings. The normalized spacial score (nSPS) is 13.6. The minimum absolute atomic E-state index is 0.0000372. The minimum atomic E-state index is -1.15. The molecule has 0 aliphatic heterocycles. The summed E-state index contributed by atoms with van der Waals surface area (Å²) in [6.45, 7) is 19.6. The van der Waals surface area contributed by atoms with Gasteiger partial charge in [0, 0.05) is 13.0 Å². The van der Waals surface area contributed by atoms with Crippen LogP contribution in [0.1, 0.15) is 76.8 Å². The summed E-state index contributed by atoms with van der Waals surface area (Å²) in [6.07, 6.45) is 0.941. The highest BCUT2D eigenvalue weighted by Crippen LogP contribution is 2.26. The van der Waals surface area contributed by atoms with E-state index in [4.69, 9.17) is 9.47 Å². The van der Waals surface area contributed by atoms with Gasteiger partial charge in [-0.3, -0.25) is 9.59 Å². The second-order valence-corrected chi connectivity index (χ2v) is 12.8. The molecule has 0 saturated heterocycles. The Hall–Kier alpha value is -4.14. The fraction of sp³-hybridized carbons (Fsp3) is 0.471. The number of alkyl carbamates (subject to hydrolysis) is 1. The van der Waals surface area contributed by atoms with Crippen LogP contribution < -0.4 is 10.6 Å². The van der Waals surface area contributed by atoms with E-state index in [2.05, 4.69) is 17.2 Å². The van der Waals surface area contributed by atoms with E-state index in [1.807, 2.05) is 62.4 Å². The lowest BCUT2D eigenvalue weighted by atomic mass is 9.97. The van der Waals surface area contributed by atoms with Crippen LogP contribution in [0, 0.1) is 13.8 Å². The molecule has 3 unspecified atom stereocenters. The van der Waals surface area contributed by atoms with E-state index < -0.39 is 53.2 Å². The SMILES string of the molecule is C=CCN(C(=O)C(C)NC(=O)OC(C)(C)C)C(C(=O)NC(Cc1ccccc1)C(=O)OC(C)(C)C)c1cc(C)cc(C)c1. The lowest BCUT2D eigenvalue weighted by molar-refractivity contribution is -0.159. The highest BCUT2D eigenvalue weighted by atomic mass is 16.6. The third-order valence-electron chi connectivity index (χ3n) is 6.12. The zero-order valence-corrected chi connectivity index (χ0v) is 26.9. The van der Waals surface area contributed by atoms with Gasteiger partial charge >= 0.3 is 12.1 Å². The topological polar surface area (TPSA) is 114 Å². The van der Waals surface area contributed by atoms with Crippen LogP contribution in [0.5, 0.6) is 0 Å². The number of esters is 1. The molecule has 234 valence electrons. The van der Waals surface area contributed by atoms with Crippen LogP contribution in [0.2, 0.25) is 0 Å². The van der Waals surface area contributed by atoms with Gasteiger partial charge in [0.15, 0.2) is 0 Å². The number of benzene rings is 2. The summed E-state index contributed by atoms with van der Waals surface area (Å²) in [5.41, 5.74) is 1.63. The van der Waals surface area contributed by atoms with Crippen LogP contribution >= 0.6 is 0 Å². The first kappa shape index (κ1) is 35.1. The summed E-state index contributed by atoms with van der Waals surface area (Å²) in [5.74, 6) is -1.69. The predicted molar refractivity (Wildman–Crippen MR) is 167 cm³/mol. The van der Waals surface area contributed by atoms with Crippen LogP contribution in [0.4, 0.5) is 4.79 Å². The van der Waals surface area contributed by atoms with Crippen molar-refractivity contribution in [2.75, 3.05) is 6.54 Å². The van der Waals surface area contributed by atoms with E-state index in [-0.39, 0.29) is 13.0 Å². The molecule has 3 atom stereocenters. The van der Waals surface area contributed by atoms with Gasteiger partial charge in [-0.25, -0.2) is 9.59 Å². The molecule has 43 heavy (non-hydrogen) atoms. The van der Waals surface area contributed by atoms with Crippen molar-refractivity contribution in [3.8, 4) is 0 Å². The summed E-state index contributed by atoms with van der Waals surface area (Å²) < 4.78 is 11.0. The van der Waals surface area contributed by atoms with Crippen molar-refractivity contribution < 1.29 is 28.7 Å². The fourth-order valence-electron chi connectivity index (χ4n) is 4.56. The number of hydrogen-bond donors (Lipinski definition) is 2. The van der Waals surface area contributed by atoms with Gasteiger partial charge in [-0.05, 0) is 73.4 Å². The molecule has 2 aromatic carbocycles. The molecule has 0 saturated carbocycles. The number of aryl methyl sites for hydroxylation is 2. The highest BCUT2D eigenvalue weighted by molar-refractivity contribution is 5.94. The Morgan fingerprint density at radius 3 is 1.95 bits per heavy atom. The number of rotatable bonds is 11. The second kappa shape index (κ2) is 14.8. The van der Waals surface area contributed by atoms with Gasteiger partial charge in [-0.2, -0.15) is 0 Å². The highest BCUT2D eigenvalue weighted by Gasteiger charge is 2.37. The van der Waals surface area contributed by atoms with E-state index in [9.17, 15) is 19.2 Å². The Kier molecular flexibility index (Phi) is 12.1.